The van der Waals surface area contributed by atoms with Gasteiger partial charge in [-0.1, -0.05) is 27.2 Å². The van der Waals surface area contributed by atoms with Gasteiger partial charge in [-0.25, -0.2) is 5.11 Å². The third-order valence-corrected chi connectivity index (χ3v) is 1.75. The average Bonchev–Trinajstić information content (AvgIpc) is 1.98. The molecule has 0 aliphatic rings. The van der Waals surface area contributed by atoms with E-state index in [-0.39, 0.29) is 0 Å². The largest absolute Gasteiger partial charge is 0.350 e. The average molecular weight is 173 g/mol. The second kappa shape index (κ2) is 7.56. The zero-order chi connectivity index (χ0) is 9.40. The molecular weight excluding hydrogens is 152 g/mol. The number of hydrogen-bond donors (Lipinski definition) is 0. The molecule has 0 aliphatic carbocycles. The summed E-state index contributed by atoms with van der Waals surface area (Å²) in [6.07, 6.45) is 2.93. The molecule has 0 aromatic carbocycles. The van der Waals surface area contributed by atoms with E-state index in [1.54, 1.807) is 0 Å². The van der Waals surface area contributed by atoms with Crippen LogP contribution in [-0.4, -0.2) is 12.9 Å². The molecule has 0 saturated carbocycles. The molecule has 0 bridgehead atoms. The van der Waals surface area contributed by atoms with Crippen molar-refractivity contribution in [2.45, 2.75) is 52.7 Å². The van der Waals surface area contributed by atoms with E-state index in [0.29, 0.717) is 18.9 Å². The molecule has 2 nitrogen and oxygen atoms in total. The van der Waals surface area contributed by atoms with Gasteiger partial charge in [0.05, 0.1) is 0 Å². The Labute approximate surface area is 75.9 Å². The van der Waals surface area contributed by atoms with Crippen molar-refractivity contribution in [2.24, 2.45) is 5.92 Å². The fourth-order valence-corrected chi connectivity index (χ4v) is 1.03. The Kier molecular flexibility index (Phi) is 7.51. The summed E-state index contributed by atoms with van der Waals surface area (Å²) in [7, 11) is 0. The Morgan fingerprint density at radius 2 is 1.92 bits per heavy atom. The van der Waals surface area contributed by atoms with E-state index in [0.717, 1.165) is 19.3 Å². The lowest BCUT2D eigenvalue weighted by atomic mass is 10.1. The molecule has 0 aromatic rings. The highest BCUT2D eigenvalue weighted by Crippen LogP contribution is 2.05. The van der Waals surface area contributed by atoms with Gasteiger partial charge in [-0.2, -0.15) is 0 Å². The predicted molar refractivity (Wildman–Crippen MR) is 49.4 cm³/mol. The molecule has 0 saturated heterocycles. The van der Waals surface area contributed by atoms with Crippen LogP contribution < -0.4 is 0 Å². The van der Waals surface area contributed by atoms with Crippen LogP contribution in [0.3, 0.4) is 0 Å². The summed E-state index contributed by atoms with van der Waals surface area (Å²) >= 11 is 0. The molecule has 2 heteroatoms. The fourth-order valence-electron chi connectivity index (χ4n) is 1.03. The van der Waals surface area contributed by atoms with Crippen LogP contribution in [0.5, 0.6) is 0 Å². The topological polar surface area (TPSA) is 29.1 Å². The standard InChI is InChI=1S/C10H21O2/c1-4-6-10(11)12-8-5-7-9(2)3/h9-10H,4-8H2,1-3H3. The first-order chi connectivity index (χ1) is 5.66. The van der Waals surface area contributed by atoms with E-state index >= 15 is 0 Å². The zero-order valence-electron chi connectivity index (χ0n) is 8.51. The SMILES string of the molecule is CCCC([O])OCCCC(C)C. The van der Waals surface area contributed by atoms with Crippen LogP contribution in [0.2, 0.25) is 0 Å². The number of hydrogen-bond acceptors (Lipinski definition) is 1. The van der Waals surface area contributed by atoms with Crippen molar-refractivity contribution in [2.75, 3.05) is 6.61 Å². The van der Waals surface area contributed by atoms with Crippen molar-refractivity contribution >= 4 is 0 Å². The van der Waals surface area contributed by atoms with E-state index < -0.39 is 6.29 Å². The highest BCUT2D eigenvalue weighted by molar-refractivity contribution is 4.46. The first kappa shape index (κ1) is 11.9. The van der Waals surface area contributed by atoms with Crippen LogP contribution >= 0.6 is 0 Å². The lowest BCUT2D eigenvalue weighted by Gasteiger charge is -2.09. The van der Waals surface area contributed by atoms with Gasteiger partial charge in [-0.3, -0.25) is 0 Å². The summed E-state index contributed by atoms with van der Waals surface area (Å²) in [6, 6.07) is 0. The summed E-state index contributed by atoms with van der Waals surface area (Å²) < 4.78 is 5.08. The molecular formula is C10H21O2. The minimum atomic E-state index is -0.790. The summed E-state index contributed by atoms with van der Waals surface area (Å²) in [5.41, 5.74) is 0. The van der Waals surface area contributed by atoms with Crippen LogP contribution in [0.4, 0.5) is 0 Å². The molecule has 0 aromatic heterocycles. The minimum Gasteiger partial charge on any atom is -0.350 e. The normalized spacial score (nSPS) is 13.8. The lowest BCUT2D eigenvalue weighted by molar-refractivity contribution is -0.144. The van der Waals surface area contributed by atoms with Crippen molar-refractivity contribution in [3.05, 3.63) is 0 Å². The van der Waals surface area contributed by atoms with Crippen molar-refractivity contribution in [3.63, 3.8) is 0 Å². The van der Waals surface area contributed by atoms with Crippen LogP contribution in [-0.2, 0) is 9.84 Å². The van der Waals surface area contributed by atoms with Gasteiger partial charge in [0.2, 0.25) is 0 Å². The molecule has 12 heavy (non-hydrogen) atoms. The molecule has 0 fully saturated rings. The van der Waals surface area contributed by atoms with Crippen LogP contribution in [0.25, 0.3) is 0 Å². The van der Waals surface area contributed by atoms with E-state index in [1.807, 2.05) is 6.92 Å². The maximum Gasteiger partial charge on any atom is 0.191 e. The maximum absolute atomic E-state index is 10.9. The summed E-state index contributed by atoms with van der Waals surface area (Å²) in [4.78, 5) is 0. The van der Waals surface area contributed by atoms with Gasteiger partial charge in [0.1, 0.15) is 0 Å². The van der Waals surface area contributed by atoms with E-state index in [2.05, 4.69) is 13.8 Å². The summed E-state index contributed by atoms with van der Waals surface area (Å²) in [5.74, 6) is 0.713. The molecule has 1 unspecified atom stereocenters. The van der Waals surface area contributed by atoms with Gasteiger partial charge in [-0.05, 0) is 18.8 Å². The Morgan fingerprint density at radius 3 is 2.42 bits per heavy atom. The van der Waals surface area contributed by atoms with Crippen molar-refractivity contribution < 1.29 is 9.84 Å². The molecule has 0 heterocycles. The Morgan fingerprint density at radius 1 is 1.25 bits per heavy atom. The van der Waals surface area contributed by atoms with Gasteiger partial charge in [-0.15, -0.1) is 0 Å². The number of rotatable bonds is 7. The van der Waals surface area contributed by atoms with E-state index in [1.165, 1.54) is 0 Å². The fraction of sp³-hybridized carbons (Fsp3) is 1.00. The smallest absolute Gasteiger partial charge is 0.191 e. The minimum absolute atomic E-state index is 0.631. The Hall–Kier alpha value is -0.0800. The quantitative estimate of drug-likeness (QED) is 0.430. The van der Waals surface area contributed by atoms with Crippen LogP contribution in [0, 0.1) is 5.92 Å². The highest BCUT2D eigenvalue weighted by atomic mass is 16.6. The second-order valence-corrected chi connectivity index (χ2v) is 3.63. The Balaban J connectivity index is 3.08. The molecule has 0 N–H and O–H groups in total. The maximum atomic E-state index is 10.9. The molecule has 1 radical (unpaired) electrons. The first-order valence-corrected chi connectivity index (χ1v) is 4.94. The molecule has 0 rings (SSSR count). The summed E-state index contributed by atoms with van der Waals surface area (Å²) in [6.45, 7) is 7.00. The molecule has 0 amide bonds. The third kappa shape index (κ3) is 8.02. The van der Waals surface area contributed by atoms with Crippen molar-refractivity contribution in [1.82, 2.24) is 0 Å². The first-order valence-electron chi connectivity index (χ1n) is 4.94. The van der Waals surface area contributed by atoms with Crippen molar-refractivity contribution in [1.29, 1.82) is 0 Å². The summed E-state index contributed by atoms with van der Waals surface area (Å²) in [5, 5.41) is 10.9. The van der Waals surface area contributed by atoms with Gasteiger partial charge in [0.15, 0.2) is 6.29 Å². The number of ether oxygens (including phenoxy) is 1. The predicted octanol–water partition coefficient (Wildman–Crippen LogP) is 3.00. The molecule has 0 spiro atoms. The van der Waals surface area contributed by atoms with Gasteiger partial charge < -0.3 is 4.74 Å². The highest BCUT2D eigenvalue weighted by Gasteiger charge is 2.03. The molecule has 73 valence electrons. The monoisotopic (exact) mass is 173 g/mol. The molecule has 0 aliphatic heterocycles. The van der Waals surface area contributed by atoms with Crippen LogP contribution in [0.15, 0.2) is 0 Å². The Bertz CT molecular complexity index is 91.8. The second-order valence-electron chi connectivity index (χ2n) is 3.63. The van der Waals surface area contributed by atoms with Gasteiger partial charge in [0.25, 0.3) is 0 Å². The van der Waals surface area contributed by atoms with Gasteiger partial charge >= 0.3 is 0 Å². The molecule has 1 atom stereocenters. The third-order valence-electron chi connectivity index (χ3n) is 1.75. The van der Waals surface area contributed by atoms with E-state index in [9.17, 15) is 5.11 Å². The zero-order valence-corrected chi connectivity index (χ0v) is 8.51. The van der Waals surface area contributed by atoms with E-state index in [4.69, 9.17) is 4.74 Å². The lowest BCUT2D eigenvalue weighted by Crippen LogP contribution is -2.10. The van der Waals surface area contributed by atoms with Crippen molar-refractivity contribution in [3.8, 4) is 0 Å². The van der Waals surface area contributed by atoms with Crippen LogP contribution in [0.1, 0.15) is 46.5 Å². The van der Waals surface area contributed by atoms with Gasteiger partial charge in [0, 0.05) is 13.0 Å².